The summed E-state index contributed by atoms with van der Waals surface area (Å²) in [6, 6.07) is 12.9. The van der Waals surface area contributed by atoms with Gasteiger partial charge in [-0.15, -0.1) is 0 Å². The Morgan fingerprint density at radius 2 is 1.76 bits per heavy atom. The molecule has 1 aliphatic rings. The second-order valence-electron chi connectivity index (χ2n) is 6.72. The Morgan fingerprint density at radius 3 is 2.48 bits per heavy atom. The molecule has 1 saturated heterocycles. The van der Waals surface area contributed by atoms with E-state index in [4.69, 9.17) is 0 Å². The van der Waals surface area contributed by atoms with Crippen LogP contribution in [0.4, 0.5) is 10.1 Å². The zero-order valence-corrected chi connectivity index (χ0v) is 15.0. The number of hydrogen-bond donors (Lipinski definition) is 0. The second-order valence-corrected chi connectivity index (χ2v) is 6.72. The summed E-state index contributed by atoms with van der Waals surface area (Å²) in [5.74, 6) is -0.0861. The summed E-state index contributed by atoms with van der Waals surface area (Å²) in [6.45, 7) is 7.49. The largest absolute Gasteiger partial charge is 0.368 e. The standard InChI is InChI=1S/C21H25FN2O/c1-16-5-3-8-20(17(16)2)23-11-13-24(14-12-23)21(25)10-9-18-6-4-7-19(22)15-18/h3-8,15H,9-14H2,1-2H3. The summed E-state index contributed by atoms with van der Waals surface area (Å²) in [4.78, 5) is 16.7. The molecule has 1 aliphatic heterocycles. The van der Waals surface area contributed by atoms with Gasteiger partial charge in [0, 0.05) is 38.3 Å². The van der Waals surface area contributed by atoms with Gasteiger partial charge >= 0.3 is 0 Å². The van der Waals surface area contributed by atoms with Crippen LogP contribution in [0.25, 0.3) is 0 Å². The zero-order valence-electron chi connectivity index (χ0n) is 15.0. The Bertz CT molecular complexity index is 751. The van der Waals surface area contributed by atoms with Crippen LogP contribution in [0.3, 0.4) is 0 Å². The number of piperazine rings is 1. The fourth-order valence-corrected chi connectivity index (χ4v) is 3.38. The van der Waals surface area contributed by atoms with E-state index in [1.54, 1.807) is 6.07 Å². The normalized spacial score (nSPS) is 14.7. The summed E-state index contributed by atoms with van der Waals surface area (Å²) < 4.78 is 13.2. The van der Waals surface area contributed by atoms with E-state index in [9.17, 15) is 9.18 Å². The van der Waals surface area contributed by atoms with E-state index >= 15 is 0 Å². The van der Waals surface area contributed by atoms with Crippen LogP contribution < -0.4 is 4.90 Å². The molecule has 0 bridgehead atoms. The molecule has 25 heavy (non-hydrogen) atoms. The van der Waals surface area contributed by atoms with Crippen molar-refractivity contribution in [3.05, 3.63) is 65.0 Å². The van der Waals surface area contributed by atoms with Crippen molar-refractivity contribution in [3.63, 3.8) is 0 Å². The number of nitrogens with zero attached hydrogens (tertiary/aromatic N) is 2. The molecule has 1 amide bonds. The van der Waals surface area contributed by atoms with E-state index in [1.807, 2.05) is 11.0 Å². The summed E-state index contributed by atoms with van der Waals surface area (Å²) in [5, 5.41) is 0. The molecule has 0 N–H and O–H groups in total. The van der Waals surface area contributed by atoms with Crippen molar-refractivity contribution in [2.24, 2.45) is 0 Å². The van der Waals surface area contributed by atoms with Crippen LogP contribution in [0, 0.1) is 19.7 Å². The van der Waals surface area contributed by atoms with Crippen molar-refractivity contribution < 1.29 is 9.18 Å². The SMILES string of the molecule is Cc1cccc(N2CCN(C(=O)CCc3cccc(F)c3)CC2)c1C. The van der Waals surface area contributed by atoms with Gasteiger partial charge in [0.25, 0.3) is 0 Å². The van der Waals surface area contributed by atoms with Crippen LogP contribution in [-0.4, -0.2) is 37.0 Å². The number of carbonyl (C=O) groups is 1. The lowest BCUT2D eigenvalue weighted by Gasteiger charge is -2.37. The summed E-state index contributed by atoms with van der Waals surface area (Å²) in [7, 11) is 0. The molecule has 2 aromatic carbocycles. The summed E-state index contributed by atoms with van der Waals surface area (Å²) in [5.41, 5.74) is 4.76. The number of rotatable bonds is 4. The first-order valence-electron chi connectivity index (χ1n) is 8.88. The minimum absolute atomic E-state index is 0.157. The number of anilines is 1. The highest BCUT2D eigenvalue weighted by atomic mass is 19.1. The van der Waals surface area contributed by atoms with Crippen molar-refractivity contribution in [1.29, 1.82) is 0 Å². The molecule has 3 rings (SSSR count). The lowest BCUT2D eigenvalue weighted by molar-refractivity contribution is -0.131. The van der Waals surface area contributed by atoms with Gasteiger partial charge < -0.3 is 9.80 Å². The van der Waals surface area contributed by atoms with Gasteiger partial charge in [0.05, 0.1) is 0 Å². The lowest BCUT2D eigenvalue weighted by atomic mass is 10.1. The van der Waals surface area contributed by atoms with Gasteiger partial charge in [0.2, 0.25) is 5.91 Å². The molecule has 3 nitrogen and oxygen atoms in total. The minimum atomic E-state index is -0.243. The van der Waals surface area contributed by atoms with E-state index < -0.39 is 0 Å². The number of halogens is 1. The number of hydrogen-bond acceptors (Lipinski definition) is 2. The number of aryl methyl sites for hydroxylation is 2. The van der Waals surface area contributed by atoms with Crippen LogP contribution in [0.5, 0.6) is 0 Å². The predicted molar refractivity (Wildman–Crippen MR) is 99.4 cm³/mol. The molecule has 0 aliphatic carbocycles. The predicted octanol–water partition coefficient (Wildman–Crippen LogP) is 3.72. The Kier molecular flexibility index (Phi) is 5.37. The van der Waals surface area contributed by atoms with E-state index in [0.717, 1.165) is 31.7 Å². The maximum absolute atomic E-state index is 13.2. The molecule has 0 radical (unpaired) electrons. The number of carbonyl (C=O) groups excluding carboxylic acids is 1. The van der Waals surface area contributed by atoms with E-state index in [-0.39, 0.29) is 11.7 Å². The maximum atomic E-state index is 13.2. The monoisotopic (exact) mass is 340 g/mol. The first-order valence-corrected chi connectivity index (χ1v) is 8.88. The van der Waals surface area contributed by atoms with Gasteiger partial charge in [-0.1, -0.05) is 24.3 Å². The molecule has 1 heterocycles. The van der Waals surface area contributed by atoms with Crippen molar-refractivity contribution in [1.82, 2.24) is 4.90 Å². The van der Waals surface area contributed by atoms with Crippen molar-refractivity contribution in [2.45, 2.75) is 26.7 Å². The molecule has 0 spiro atoms. The highest BCUT2D eigenvalue weighted by Gasteiger charge is 2.22. The highest BCUT2D eigenvalue weighted by molar-refractivity contribution is 5.77. The van der Waals surface area contributed by atoms with Gasteiger partial charge in [-0.2, -0.15) is 0 Å². The van der Waals surface area contributed by atoms with Crippen molar-refractivity contribution in [3.8, 4) is 0 Å². The Balaban J connectivity index is 1.53. The molecule has 4 heteroatoms. The fraction of sp³-hybridized carbons (Fsp3) is 0.381. The average Bonchev–Trinajstić information content (AvgIpc) is 2.62. The first-order chi connectivity index (χ1) is 12.0. The van der Waals surface area contributed by atoms with Crippen LogP contribution >= 0.6 is 0 Å². The Hall–Kier alpha value is -2.36. The molecule has 2 aromatic rings. The molecule has 0 saturated carbocycles. The zero-order chi connectivity index (χ0) is 17.8. The average molecular weight is 340 g/mol. The van der Waals surface area contributed by atoms with E-state index in [2.05, 4.69) is 36.9 Å². The smallest absolute Gasteiger partial charge is 0.223 e. The molecule has 1 fully saturated rings. The van der Waals surface area contributed by atoms with Crippen LogP contribution in [0.1, 0.15) is 23.1 Å². The van der Waals surface area contributed by atoms with E-state index in [1.165, 1.54) is 28.9 Å². The Morgan fingerprint density at radius 1 is 1.04 bits per heavy atom. The van der Waals surface area contributed by atoms with Gasteiger partial charge in [0.1, 0.15) is 5.82 Å². The van der Waals surface area contributed by atoms with Crippen molar-refractivity contribution >= 4 is 11.6 Å². The second kappa shape index (κ2) is 7.68. The molecular weight excluding hydrogens is 315 g/mol. The molecule has 0 aromatic heterocycles. The molecule has 132 valence electrons. The topological polar surface area (TPSA) is 23.6 Å². The minimum Gasteiger partial charge on any atom is -0.368 e. The fourth-order valence-electron chi connectivity index (χ4n) is 3.38. The molecule has 0 unspecified atom stereocenters. The van der Waals surface area contributed by atoms with Crippen LogP contribution in [0.15, 0.2) is 42.5 Å². The third-order valence-electron chi connectivity index (χ3n) is 5.07. The highest BCUT2D eigenvalue weighted by Crippen LogP contribution is 2.24. The third kappa shape index (κ3) is 4.19. The molecule has 0 atom stereocenters. The van der Waals surface area contributed by atoms with Gasteiger partial charge in [-0.05, 0) is 55.2 Å². The van der Waals surface area contributed by atoms with Gasteiger partial charge in [-0.3, -0.25) is 4.79 Å². The van der Waals surface area contributed by atoms with Gasteiger partial charge in [-0.25, -0.2) is 4.39 Å². The van der Waals surface area contributed by atoms with Gasteiger partial charge in [0.15, 0.2) is 0 Å². The van der Waals surface area contributed by atoms with E-state index in [0.29, 0.717) is 12.8 Å². The van der Waals surface area contributed by atoms with Crippen LogP contribution in [-0.2, 0) is 11.2 Å². The lowest BCUT2D eigenvalue weighted by Crippen LogP contribution is -2.49. The molecular formula is C21H25FN2O. The Labute approximate surface area is 149 Å². The first kappa shape index (κ1) is 17.5. The van der Waals surface area contributed by atoms with Crippen molar-refractivity contribution in [2.75, 3.05) is 31.1 Å². The number of amides is 1. The number of benzene rings is 2. The summed E-state index contributed by atoms with van der Waals surface area (Å²) >= 11 is 0. The maximum Gasteiger partial charge on any atom is 0.223 e. The third-order valence-corrected chi connectivity index (χ3v) is 5.07. The van der Waals surface area contributed by atoms with Crippen LogP contribution in [0.2, 0.25) is 0 Å². The quantitative estimate of drug-likeness (QED) is 0.847. The summed E-state index contributed by atoms with van der Waals surface area (Å²) in [6.07, 6.45) is 1.03.